The minimum atomic E-state index is -1.27. The first kappa shape index (κ1) is 8.21. The maximum atomic E-state index is 8.23. The highest BCUT2D eigenvalue weighted by Crippen LogP contribution is 1.82. The van der Waals surface area contributed by atoms with E-state index in [4.69, 9.17) is 10.2 Å². The fraction of sp³-hybridized carbons (Fsp3) is 0.600. The van der Waals surface area contributed by atoms with Gasteiger partial charge in [-0.3, -0.25) is 0 Å². The van der Waals surface area contributed by atoms with Crippen LogP contribution in [-0.4, -0.2) is 20.9 Å². The topological polar surface area (TPSA) is 40.5 Å². The molecule has 2 N–H and O–H groups in total. The van der Waals surface area contributed by atoms with E-state index in [1.54, 1.807) is 0 Å². The monoisotopic (exact) mass is 226 g/mol. The highest BCUT2D eigenvalue weighted by Gasteiger charge is 1.88. The number of hydrogen-bond donors (Lipinski definition) is 2. The molecule has 0 heterocycles. The standard InChI is InChI=1S/C5H7IO2/c6-4-2-1-3-5(7)8/h5,7-8H,3-4H2. The van der Waals surface area contributed by atoms with Crippen LogP contribution in [0.25, 0.3) is 0 Å². The highest BCUT2D eigenvalue weighted by atomic mass is 127. The van der Waals surface area contributed by atoms with E-state index in [1.165, 1.54) is 0 Å². The third-order valence-electron chi connectivity index (χ3n) is 0.476. The van der Waals surface area contributed by atoms with Gasteiger partial charge in [0.2, 0.25) is 0 Å². The summed E-state index contributed by atoms with van der Waals surface area (Å²) in [6.45, 7) is 0. The third-order valence-corrected chi connectivity index (χ3v) is 0.858. The van der Waals surface area contributed by atoms with Crippen molar-refractivity contribution in [3.8, 4) is 11.8 Å². The second-order valence-electron chi connectivity index (χ2n) is 1.17. The average molecular weight is 226 g/mol. The number of alkyl halides is 1. The molecule has 0 radical (unpaired) electrons. The zero-order valence-corrected chi connectivity index (χ0v) is 6.42. The Labute approximate surface area is 62.0 Å². The molecule has 0 unspecified atom stereocenters. The molecule has 0 aliphatic rings. The van der Waals surface area contributed by atoms with Crippen LogP contribution in [0.4, 0.5) is 0 Å². The van der Waals surface area contributed by atoms with E-state index in [0.717, 1.165) is 4.43 Å². The third kappa shape index (κ3) is 6.21. The van der Waals surface area contributed by atoms with Crippen LogP contribution in [0.5, 0.6) is 0 Å². The lowest BCUT2D eigenvalue weighted by Gasteiger charge is -1.90. The van der Waals surface area contributed by atoms with Gasteiger partial charge in [-0.1, -0.05) is 34.4 Å². The van der Waals surface area contributed by atoms with Crippen LogP contribution < -0.4 is 0 Å². The molecule has 3 heteroatoms. The lowest BCUT2D eigenvalue weighted by molar-refractivity contribution is -0.0344. The van der Waals surface area contributed by atoms with Crippen molar-refractivity contribution in [2.45, 2.75) is 12.7 Å². The molecule has 0 aromatic rings. The van der Waals surface area contributed by atoms with Gasteiger partial charge in [-0.2, -0.15) is 0 Å². The zero-order valence-electron chi connectivity index (χ0n) is 4.26. The van der Waals surface area contributed by atoms with Crippen LogP contribution in [-0.2, 0) is 0 Å². The molecule has 0 aromatic carbocycles. The number of aliphatic hydroxyl groups is 2. The lowest BCUT2D eigenvalue weighted by atomic mass is 10.4. The minimum Gasteiger partial charge on any atom is -0.367 e. The normalized spacial score (nSPS) is 8.50. The van der Waals surface area contributed by atoms with Crippen LogP contribution in [0.2, 0.25) is 0 Å². The van der Waals surface area contributed by atoms with Crippen LogP contribution >= 0.6 is 22.6 Å². The predicted molar refractivity (Wildman–Crippen MR) is 39.5 cm³/mol. The molecule has 46 valence electrons. The van der Waals surface area contributed by atoms with Crippen LogP contribution in [0, 0.1) is 11.8 Å². The van der Waals surface area contributed by atoms with Crippen LogP contribution in [0.3, 0.4) is 0 Å². The molecule has 0 aliphatic heterocycles. The summed E-state index contributed by atoms with van der Waals surface area (Å²) in [5, 5.41) is 16.5. The summed E-state index contributed by atoms with van der Waals surface area (Å²) in [5.41, 5.74) is 0. The maximum absolute atomic E-state index is 8.23. The van der Waals surface area contributed by atoms with Gasteiger partial charge in [0.25, 0.3) is 0 Å². The first-order valence-corrected chi connectivity index (χ1v) is 3.67. The Morgan fingerprint density at radius 3 is 2.38 bits per heavy atom. The maximum Gasteiger partial charge on any atom is 0.162 e. The largest absolute Gasteiger partial charge is 0.367 e. The summed E-state index contributed by atoms with van der Waals surface area (Å²) in [7, 11) is 0. The zero-order chi connectivity index (χ0) is 6.41. The van der Waals surface area contributed by atoms with Crippen molar-refractivity contribution in [3.05, 3.63) is 0 Å². The molecule has 0 bridgehead atoms. The Bertz CT molecular complexity index is 101. The fourth-order valence-electron chi connectivity index (χ4n) is 0.211. The first-order chi connectivity index (χ1) is 3.77. The van der Waals surface area contributed by atoms with E-state index in [0.29, 0.717) is 0 Å². The Kier molecular flexibility index (Phi) is 5.49. The van der Waals surface area contributed by atoms with E-state index in [1.807, 2.05) is 0 Å². The van der Waals surface area contributed by atoms with E-state index < -0.39 is 6.29 Å². The van der Waals surface area contributed by atoms with Gasteiger partial charge in [0, 0.05) is 0 Å². The number of halogens is 1. The molecule has 8 heavy (non-hydrogen) atoms. The van der Waals surface area contributed by atoms with Gasteiger partial charge >= 0.3 is 0 Å². The quantitative estimate of drug-likeness (QED) is 0.288. The molecule has 0 rings (SSSR count). The van der Waals surface area contributed by atoms with Crippen molar-refractivity contribution in [1.82, 2.24) is 0 Å². The minimum absolute atomic E-state index is 0.156. The van der Waals surface area contributed by atoms with Crippen molar-refractivity contribution in [2.75, 3.05) is 4.43 Å². The molecule has 0 aliphatic carbocycles. The second kappa shape index (κ2) is 5.35. The molecule has 0 amide bonds. The molecular weight excluding hydrogens is 219 g/mol. The van der Waals surface area contributed by atoms with Crippen LogP contribution in [0.15, 0.2) is 0 Å². The number of aliphatic hydroxyl groups excluding tert-OH is 1. The Hall–Kier alpha value is 0.210. The average Bonchev–Trinajstić information content (AvgIpc) is 1.66. The summed E-state index contributed by atoms with van der Waals surface area (Å²) in [6.07, 6.45) is -1.12. The Morgan fingerprint density at radius 1 is 1.38 bits per heavy atom. The van der Waals surface area contributed by atoms with Gasteiger partial charge in [0.1, 0.15) is 0 Å². The first-order valence-electron chi connectivity index (χ1n) is 2.15. The van der Waals surface area contributed by atoms with Gasteiger partial charge in [-0.05, 0) is 0 Å². The van der Waals surface area contributed by atoms with Crippen molar-refractivity contribution in [3.63, 3.8) is 0 Å². The smallest absolute Gasteiger partial charge is 0.162 e. The molecule has 0 saturated carbocycles. The summed E-state index contributed by atoms with van der Waals surface area (Å²) < 4.78 is 0.741. The summed E-state index contributed by atoms with van der Waals surface area (Å²) in [4.78, 5) is 0. The molecule has 0 saturated heterocycles. The molecule has 0 fully saturated rings. The second-order valence-corrected chi connectivity index (χ2v) is 1.93. The van der Waals surface area contributed by atoms with Gasteiger partial charge in [-0.15, -0.1) is 0 Å². The summed E-state index contributed by atoms with van der Waals surface area (Å²) >= 11 is 2.10. The molecule has 2 nitrogen and oxygen atoms in total. The van der Waals surface area contributed by atoms with Gasteiger partial charge in [0.05, 0.1) is 10.8 Å². The Morgan fingerprint density at radius 2 is 2.00 bits per heavy atom. The van der Waals surface area contributed by atoms with Crippen molar-refractivity contribution in [1.29, 1.82) is 0 Å². The highest BCUT2D eigenvalue weighted by molar-refractivity contribution is 14.1. The van der Waals surface area contributed by atoms with Gasteiger partial charge in [0.15, 0.2) is 6.29 Å². The molecule has 0 spiro atoms. The van der Waals surface area contributed by atoms with E-state index in [9.17, 15) is 0 Å². The van der Waals surface area contributed by atoms with Crippen molar-refractivity contribution < 1.29 is 10.2 Å². The predicted octanol–water partition coefficient (Wildman–Crippen LogP) is 0.126. The number of rotatable bonds is 1. The van der Waals surface area contributed by atoms with Crippen molar-refractivity contribution >= 4 is 22.6 Å². The molecule has 0 aromatic heterocycles. The summed E-state index contributed by atoms with van der Waals surface area (Å²) in [5.74, 6) is 5.27. The van der Waals surface area contributed by atoms with E-state index in [-0.39, 0.29) is 6.42 Å². The number of hydrogen-bond acceptors (Lipinski definition) is 2. The SMILES string of the molecule is OC(O)CC#CCI. The molecular formula is C5H7IO2. The Balaban J connectivity index is 3.15. The van der Waals surface area contributed by atoms with Gasteiger partial charge in [-0.25, -0.2) is 0 Å². The summed E-state index contributed by atoms with van der Waals surface area (Å²) in [6, 6.07) is 0. The van der Waals surface area contributed by atoms with Gasteiger partial charge < -0.3 is 10.2 Å². The lowest BCUT2D eigenvalue weighted by Crippen LogP contribution is -2.00. The van der Waals surface area contributed by atoms with Crippen molar-refractivity contribution in [2.24, 2.45) is 0 Å². The fourth-order valence-corrected chi connectivity index (χ4v) is 0.480. The van der Waals surface area contributed by atoms with E-state index >= 15 is 0 Å². The van der Waals surface area contributed by atoms with E-state index in [2.05, 4.69) is 34.4 Å². The molecule has 0 atom stereocenters. The van der Waals surface area contributed by atoms with Crippen LogP contribution in [0.1, 0.15) is 6.42 Å².